The summed E-state index contributed by atoms with van der Waals surface area (Å²) in [5, 5.41) is 5.37. The van der Waals surface area contributed by atoms with Crippen LogP contribution >= 0.6 is 11.3 Å². The van der Waals surface area contributed by atoms with Gasteiger partial charge in [0, 0.05) is 11.9 Å². The van der Waals surface area contributed by atoms with Gasteiger partial charge in [-0.2, -0.15) is 0 Å². The van der Waals surface area contributed by atoms with E-state index in [0.29, 0.717) is 17.5 Å². The maximum Gasteiger partial charge on any atom is 0.226 e. The molecule has 94 valence electrons. The topological polar surface area (TPSA) is 68.0 Å². The van der Waals surface area contributed by atoms with Gasteiger partial charge >= 0.3 is 0 Å². The highest BCUT2D eigenvalue weighted by Gasteiger charge is 2.14. The number of nitrogens with one attached hydrogen (secondary N) is 1. The van der Waals surface area contributed by atoms with Crippen molar-refractivity contribution in [3.63, 3.8) is 0 Å². The molecular weight excluding hydrogens is 234 g/mol. The molecule has 0 bridgehead atoms. The highest BCUT2D eigenvalue weighted by molar-refractivity contribution is 7.13. The number of hydrogen-bond acceptors (Lipinski definition) is 4. The SMILES string of the molecule is Nc1nc(CC(=O)NCC2CCCCC2)cs1. The maximum absolute atomic E-state index is 11.7. The van der Waals surface area contributed by atoms with Crippen molar-refractivity contribution in [2.75, 3.05) is 12.3 Å². The number of carbonyl (C=O) groups excluding carboxylic acids is 1. The molecule has 1 aromatic heterocycles. The number of nitrogen functional groups attached to an aromatic ring is 1. The van der Waals surface area contributed by atoms with Gasteiger partial charge in [-0.25, -0.2) is 4.98 Å². The summed E-state index contributed by atoms with van der Waals surface area (Å²) in [6.07, 6.45) is 6.82. The third kappa shape index (κ3) is 4.00. The Bertz CT molecular complexity index is 372. The van der Waals surface area contributed by atoms with Crippen molar-refractivity contribution in [3.05, 3.63) is 11.1 Å². The standard InChI is InChI=1S/C12H19N3OS/c13-12-15-10(8-17-12)6-11(16)14-7-9-4-2-1-3-5-9/h8-9H,1-7H2,(H2,13,15)(H,14,16). The highest BCUT2D eigenvalue weighted by atomic mass is 32.1. The molecule has 0 unspecified atom stereocenters. The van der Waals surface area contributed by atoms with Crippen molar-refractivity contribution >= 4 is 22.4 Å². The van der Waals surface area contributed by atoms with E-state index in [1.807, 2.05) is 5.38 Å². The van der Waals surface area contributed by atoms with Crippen LogP contribution in [0.15, 0.2) is 5.38 Å². The number of thiazole rings is 1. The predicted molar refractivity (Wildman–Crippen MR) is 69.8 cm³/mol. The third-order valence-electron chi connectivity index (χ3n) is 3.22. The van der Waals surface area contributed by atoms with Crippen LogP contribution in [0, 0.1) is 5.92 Å². The van der Waals surface area contributed by atoms with Crippen molar-refractivity contribution in [1.29, 1.82) is 0 Å². The van der Waals surface area contributed by atoms with Crippen LogP contribution in [0.25, 0.3) is 0 Å². The lowest BCUT2D eigenvalue weighted by molar-refractivity contribution is -0.120. The van der Waals surface area contributed by atoms with E-state index in [-0.39, 0.29) is 5.91 Å². The zero-order chi connectivity index (χ0) is 12.1. The fraction of sp³-hybridized carbons (Fsp3) is 0.667. The average molecular weight is 253 g/mol. The highest BCUT2D eigenvalue weighted by Crippen LogP contribution is 2.22. The number of rotatable bonds is 4. The van der Waals surface area contributed by atoms with Gasteiger partial charge in [0.05, 0.1) is 12.1 Å². The molecule has 0 aliphatic heterocycles. The summed E-state index contributed by atoms with van der Waals surface area (Å²) in [6, 6.07) is 0. The fourth-order valence-corrected chi connectivity index (χ4v) is 2.84. The molecule has 0 radical (unpaired) electrons. The molecule has 1 amide bonds. The third-order valence-corrected chi connectivity index (χ3v) is 3.95. The first-order valence-electron chi connectivity index (χ1n) is 6.20. The van der Waals surface area contributed by atoms with Gasteiger partial charge in [-0.1, -0.05) is 19.3 Å². The number of nitrogens with zero attached hydrogens (tertiary/aromatic N) is 1. The molecule has 1 aromatic rings. The predicted octanol–water partition coefficient (Wildman–Crippen LogP) is 1.96. The fourth-order valence-electron chi connectivity index (χ4n) is 2.28. The number of aromatic nitrogens is 1. The first kappa shape index (κ1) is 12.4. The van der Waals surface area contributed by atoms with Gasteiger partial charge in [-0.05, 0) is 18.8 Å². The molecule has 5 heteroatoms. The summed E-state index contributed by atoms with van der Waals surface area (Å²) < 4.78 is 0. The van der Waals surface area contributed by atoms with Crippen molar-refractivity contribution in [3.8, 4) is 0 Å². The van der Waals surface area contributed by atoms with E-state index in [4.69, 9.17) is 5.73 Å². The number of hydrogen-bond donors (Lipinski definition) is 2. The molecule has 1 saturated carbocycles. The Balaban J connectivity index is 1.70. The van der Waals surface area contributed by atoms with Crippen molar-refractivity contribution in [1.82, 2.24) is 10.3 Å². The molecule has 3 N–H and O–H groups in total. The molecule has 2 rings (SSSR count). The molecule has 0 aromatic carbocycles. The van der Waals surface area contributed by atoms with Gasteiger partial charge in [-0.3, -0.25) is 4.79 Å². The lowest BCUT2D eigenvalue weighted by Gasteiger charge is -2.21. The van der Waals surface area contributed by atoms with Crippen LogP contribution in [0.1, 0.15) is 37.8 Å². The first-order chi connectivity index (χ1) is 8.24. The Kier molecular flexibility index (Phi) is 4.36. The molecule has 0 spiro atoms. The number of anilines is 1. The van der Waals surface area contributed by atoms with E-state index in [0.717, 1.165) is 12.2 Å². The van der Waals surface area contributed by atoms with Crippen LogP contribution in [-0.2, 0) is 11.2 Å². The van der Waals surface area contributed by atoms with Gasteiger partial charge < -0.3 is 11.1 Å². The molecule has 1 aliphatic carbocycles. The molecule has 17 heavy (non-hydrogen) atoms. The first-order valence-corrected chi connectivity index (χ1v) is 7.08. The molecule has 1 heterocycles. The lowest BCUT2D eigenvalue weighted by Crippen LogP contribution is -2.31. The van der Waals surface area contributed by atoms with E-state index in [1.54, 1.807) is 0 Å². The largest absolute Gasteiger partial charge is 0.375 e. The van der Waals surface area contributed by atoms with Crippen LogP contribution in [0.3, 0.4) is 0 Å². The second kappa shape index (κ2) is 6.00. The Morgan fingerprint density at radius 2 is 2.24 bits per heavy atom. The van der Waals surface area contributed by atoms with Crippen molar-refractivity contribution < 1.29 is 4.79 Å². The summed E-state index contributed by atoms with van der Waals surface area (Å²) in [4.78, 5) is 15.8. The normalized spacial score (nSPS) is 16.9. The van der Waals surface area contributed by atoms with Crippen molar-refractivity contribution in [2.45, 2.75) is 38.5 Å². The van der Waals surface area contributed by atoms with Gasteiger partial charge in [0.15, 0.2) is 5.13 Å². The van der Waals surface area contributed by atoms with E-state index in [9.17, 15) is 4.79 Å². The second-order valence-electron chi connectivity index (χ2n) is 4.66. The lowest BCUT2D eigenvalue weighted by atomic mass is 9.89. The summed E-state index contributed by atoms with van der Waals surface area (Å²) in [6.45, 7) is 0.818. The zero-order valence-corrected chi connectivity index (χ0v) is 10.8. The van der Waals surface area contributed by atoms with Crippen molar-refractivity contribution in [2.24, 2.45) is 5.92 Å². The minimum atomic E-state index is 0.0564. The van der Waals surface area contributed by atoms with Crippen LogP contribution in [-0.4, -0.2) is 17.4 Å². The monoisotopic (exact) mass is 253 g/mol. The van der Waals surface area contributed by atoms with Gasteiger partial charge in [-0.15, -0.1) is 11.3 Å². The summed E-state index contributed by atoms with van der Waals surface area (Å²) in [7, 11) is 0. The molecule has 1 aliphatic rings. The van der Waals surface area contributed by atoms with Crippen LogP contribution < -0.4 is 11.1 Å². The van der Waals surface area contributed by atoms with Crippen LogP contribution in [0.2, 0.25) is 0 Å². The molecule has 0 atom stereocenters. The van der Waals surface area contributed by atoms with Gasteiger partial charge in [0.1, 0.15) is 0 Å². The van der Waals surface area contributed by atoms with Crippen LogP contribution in [0.5, 0.6) is 0 Å². The minimum Gasteiger partial charge on any atom is -0.375 e. The molecular formula is C12H19N3OS. The number of amides is 1. The van der Waals surface area contributed by atoms with E-state index >= 15 is 0 Å². The maximum atomic E-state index is 11.7. The summed E-state index contributed by atoms with van der Waals surface area (Å²) in [5.41, 5.74) is 6.29. The average Bonchev–Trinajstić information content (AvgIpc) is 2.73. The van der Waals surface area contributed by atoms with Gasteiger partial charge in [0.2, 0.25) is 5.91 Å². The van der Waals surface area contributed by atoms with E-state index in [1.165, 1.54) is 43.4 Å². The molecule has 4 nitrogen and oxygen atoms in total. The minimum absolute atomic E-state index is 0.0564. The van der Waals surface area contributed by atoms with E-state index in [2.05, 4.69) is 10.3 Å². The smallest absolute Gasteiger partial charge is 0.226 e. The summed E-state index contributed by atoms with van der Waals surface area (Å²) >= 11 is 1.38. The Hall–Kier alpha value is -1.10. The quantitative estimate of drug-likeness (QED) is 0.862. The Morgan fingerprint density at radius 3 is 2.88 bits per heavy atom. The number of carbonyl (C=O) groups is 1. The van der Waals surface area contributed by atoms with Gasteiger partial charge in [0.25, 0.3) is 0 Å². The Labute approximate surface area is 106 Å². The number of nitrogens with two attached hydrogens (primary N) is 1. The van der Waals surface area contributed by atoms with Crippen LogP contribution in [0.4, 0.5) is 5.13 Å². The van der Waals surface area contributed by atoms with E-state index < -0.39 is 0 Å². The second-order valence-corrected chi connectivity index (χ2v) is 5.55. The molecule has 1 fully saturated rings. The zero-order valence-electron chi connectivity index (χ0n) is 9.95. The molecule has 0 saturated heterocycles. The Morgan fingerprint density at radius 1 is 1.47 bits per heavy atom. The summed E-state index contributed by atoms with van der Waals surface area (Å²) in [5.74, 6) is 0.731.